The first-order valence-corrected chi connectivity index (χ1v) is 10.6. The van der Waals surface area contributed by atoms with Crippen LogP contribution in [-0.2, 0) is 0 Å². The SMILES string of the molecule is N#CC(F)=CC=C[C@H]1CC[C@H]([C@H]2CC[C@H](c3ccc(OC(F)(F)F)cc3)CC2)CC1. The Kier molecular flexibility index (Phi) is 7.58. The van der Waals surface area contributed by atoms with Gasteiger partial charge in [-0.1, -0.05) is 24.3 Å². The highest BCUT2D eigenvalue weighted by molar-refractivity contribution is 5.30. The van der Waals surface area contributed by atoms with Crippen LogP contribution in [0.4, 0.5) is 17.6 Å². The first kappa shape index (κ1) is 22.4. The van der Waals surface area contributed by atoms with Crippen molar-refractivity contribution in [3.63, 3.8) is 0 Å². The van der Waals surface area contributed by atoms with E-state index < -0.39 is 12.2 Å². The Hall–Kier alpha value is -2.29. The number of halogens is 4. The molecule has 0 N–H and O–H groups in total. The van der Waals surface area contributed by atoms with Crippen LogP contribution >= 0.6 is 0 Å². The molecule has 0 atom stereocenters. The molecule has 162 valence electrons. The van der Waals surface area contributed by atoms with Crippen LogP contribution in [0.5, 0.6) is 5.75 Å². The van der Waals surface area contributed by atoms with Crippen LogP contribution in [0.25, 0.3) is 0 Å². The van der Waals surface area contributed by atoms with Crippen LogP contribution in [0.15, 0.2) is 48.3 Å². The van der Waals surface area contributed by atoms with Crippen LogP contribution in [0.3, 0.4) is 0 Å². The molecule has 2 aliphatic rings. The van der Waals surface area contributed by atoms with Crippen LogP contribution in [-0.4, -0.2) is 6.36 Å². The van der Waals surface area contributed by atoms with E-state index in [1.54, 1.807) is 18.2 Å². The molecule has 0 spiro atoms. The molecule has 1 aromatic rings. The Morgan fingerprint density at radius 3 is 2.03 bits per heavy atom. The second-order valence-electron chi connectivity index (χ2n) is 8.41. The summed E-state index contributed by atoms with van der Waals surface area (Å²) in [7, 11) is 0. The average molecular weight is 421 g/mol. The molecule has 0 aromatic heterocycles. The Morgan fingerprint density at radius 1 is 0.933 bits per heavy atom. The van der Waals surface area contributed by atoms with E-state index in [9.17, 15) is 17.6 Å². The van der Waals surface area contributed by atoms with Gasteiger partial charge in [-0.25, -0.2) is 0 Å². The first-order valence-electron chi connectivity index (χ1n) is 10.6. The molecule has 0 unspecified atom stereocenters. The predicted octanol–water partition coefficient (Wildman–Crippen LogP) is 7.60. The summed E-state index contributed by atoms with van der Waals surface area (Å²) in [5, 5.41) is 8.42. The third kappa shape index (κ3) is 6.62. The van der Waals surface area contributed by atoms with Crippen molar-refractivity contribution in [1.29, 1.82) is 5.26 Å². The molecule has 1 aromatic carbocycles. The molecule has 0 heterocycles. The largest absolute Gasteiger partial charge is 0.573 e. The minimum atomic E-state index is -4.65. The fraction of sp³-hybridized carbons (Fsp3) is 0.542. The summed E-state index contributed by atoms with van der Waals surface area (Å²) in [5.41, 5.74) is 1.09. The number of hydrogen-bond donors (Lipinski definition) is 0. The van der Waals surface area contributed by atoms with E-state index in [-0.39, 0.29) is 5.75 Å². The summed E-state index contributed by atoms with van der Waals surface area (Å²) in [6, 6.07) is 7.79. The molecule has 30 heavy (non-hydrogen) atoms. The van der Waals surface area contributed by atoms with Gasteiger partial charge >= 0.3 is 6.36 Å². The van der Waals surface area contributed by atoms with Crippen molar-refractivity contribution in [2.45, 2.75) is 63.6 Å². The second-order valence-corrected chi connectivity index (χ2v) is 8.41. The van der Waals surface area contributed by atoms with Crippen molar-refractivity contribution in [2.75, 3.05) is 0 Å². The first-order chi connectivity index (χ1) is 14.3. The molecule has 2 saturated carbocycles. The standard InChI is InChI=1S/C24H27F4NO/c25-22(16-29)3-1-2-17-4-6-18(7-5-17)19-8-10-20(11-9-19)21-12-14-23(15-13-21)30-24(26,27)28/h1-3,12-15,17-20H,4-11H2/t17-,18-,19-,20-. The van der Waals surface area contributed by atoms with E-state index in [1.807, 2.05) is 6.08 Å². The van der Waals surface area contributed by atoms with Gasteiger partial charge in [0.2, 0.25) is 0 Å². The summed E-state index contributed by atoms with van der Waals surface area (Å²) >= 11 is 0. The number of alkyl halides is 3. The molecule has 0 amide bonds. The Bertz CT molecular complexity index is 775. The van der Waals surface area contributed by atoms with Crippen LogP contribution in [0, 0.1) is 29.1 Å². The average Bonchev–Trinajstić information content (AvgIpc) is 2.74. The van der Waals surface area contributed by atoms with Gasteiger partial charge in [-0.3, -0.25) is 0 Å². The monoisotopic (exact) mass is 421 g/mol. The van der Waals surface area contributed by atoms with Crippen molar-refractivity contribution in [1.82, 2.24) is 0 Å². The summed E-state index contributed by atoms with van der Waals surface area (Å²) in [6.07, 6.45) is 9.25. The molecule has 0 bridgehead atoms. The quantitative estimate of drug-likeness (QED) is 0.279. The Balaban J connectivity index is 1.43. The van der Waals surface area contributed by atoms with E-state index in [1.165, 1.54) is 37.1 Å². The topological polar surface area (TPSA) is 33.0 Å². The van der Waals surface area contributed by atoms with Crippen LogP contribution in [0.1, 0.15) is 62.8 Å². The van der Waals surface area contributed by atoms with Gasteiger partial charge in [0.1, 0.15) is 11.8 Å². The molecular formula is C24H27F4NO. The molecule has 2 fully saturated rings. The highest BCUT2D eigenvalue weighted by Crippen LogP contribution is 2.44. The molecular weight excluding hydrogens is 394 g/mol. The normalized spacial score (nSPS) is 28.3. The number of nitrogens with zero attached hydrogens (tertiary/aromatic N) is 1. The van der Waals surface area contributed by atoms with Gasteiger partial charge in [0.15, 0.2) is 5.83 Å². The lowest BCUT2D eigenvalue weighted by Crippen LogP contribution is -2.25. The molecule has 0 aliphatic heterocycles. The van der Waals surface area contributed by atoms with Gasteiger partial charge in [-0.2, -0.15) is 9.65 Å². The maximum atomic E-state index is 12.8. The number of hydrogen-bond acceptors (Lipinski definition) is 2. The van der Waals surface area contributed by atoms with Crippen molar-refractivity contribution >= 4 is 0 Å². The lowest BCUT2D eigenvalue weighted by molar-refractivity contribution is -0.274. The number of benzene rings is 1. The fourth-order valence-electron chi connectivity index (χ4n) is 5.01. The Morgan fingerprint density at radius 2 is 1.50 bits per heavy atom. The summed E-state index contributed by atoms with van der Waals surface area (Å²) in [5.74, 6) is 1.37. The van der Waals surface area contributed by atoms with Crippen LogP contribution in [0.2, 0.25) is 0 Å². The van der Waals surface area contributed by atoms with Gasteiger partial charge in [0.25, 0.3) is 0 Å². The summed E-state index contributed by atoms with van der Waals surface area (Å²) < 4.78 is 53.7. The zero-order valence-electron chi connectivity index (χ0n) is 16.9. The smallest absolute Gasteiger partial charge is 0.406 e. The van der Waals surface area contributed by atoms with E-state index in [0.717, 1.165) is 55.9 Å². The van der Waals surface area contributed by atoms with E-state index >= 15 is 0 Å². The molecule has 3 rings (SSSR count). The maximum absolute atomic E-state index is 12.8. The van der Waals surface area contributed by atoms with Gasteiger partial charge in [-0.05, 0) is 98.8 Å². The van der Waals surface area contributed by atoms with Gasteiger partial charge < -0.3 is 4.74 Å². The third-order valence-electron chi connectivity index (χ3n) is 6.57. The van der Waals surface area contributed by atoms with Crippen molar-refractivity contribution < 1.29 is 22.3 Å². The molecule has 2 aliphatic carbocycles. The lowest BCUT2D eigenvalue weighted by atomic mass is 9.68. The zero-order chi connectivity index (χ0) is 21.6. The third-order valence-corrected chi connectivity index (χ3v) is 6.57. The molecule has 0 radical (unpaired) electrons. The molecule has 2 nitrogen and oxygen atoms in total. The summed E-state index contributed by atoms with van der Waals surface area (Å²) in [4.78, 5) is 0. The highest BCUT2D eigenvalue weighted by Gasteiger charge is 2.32. The number of allylic oxidation sites excluding steroid dienone is 4. The fourth-order valence-corrected chi connectivity index (χ4v) is 5.01. The maximum Gasteiger partial charge on any atom is 0.573 e. The summed E-state index contributed by atoms with van der Waals surface area (Å²) in [6.45, 7) is 0. The number of nitriles is 1. The zero-order valence-corrected chi connectivity index (χ0v) is 16.9. The Labute approximate surface area is 175 Å². The van der Waals surface area contributed by atoms with E-state index in [4.69, 9.17) is 5.26 Å². The minimum Gasteiger partial charge on any atom is -0.406 e. The van der Waals surface area contributed by atoms with Gasteiger partial charge in [0.05, 0.1) is 0 Å². The number of rotatable bonds is 5. The van der Waals surface area contributed by atoms with E-state index in [0.29, 0.717) is 11.8 Å². The van der Waals surface area contributed by atoms with Crippen molar-refractivity contribution in [2.24, 2.45) is 17.8 Å². The number of ether oxygens (including phenoxy) is 1. The van der Waals surface area contributed by atoms with Gasteiger partial charge in [0, 0.05) is 0 Å². The van der Waals surface area contributed by atoms with Crippen LogP contribution < -0.4 is 4.74 Å². The van der Waals surface area contributed by atoms with Gasteiger partial charge in [-0.15, -0.1) is 13.2 Å². The highest BCUT2D eigenvalue weighted by atomic mass is 19.4. The molecule has 0 saturated heterocycles. The van der Waals surface area contributed by atoms with E-state index in [2.05, 4.69) is 4.74 Å². The second kappa shape index (κ2) is 10.1. The predicted molar refractivity (Wildman–Crippen MR) is 107 cm³/mol. The lowest BCUT2D eigenvalue weighted by Gasteiger charge is -2.37. The molecule has 6 heteroatoms. The minimum absolute atomic E-state index is 0.170. The van der Waals surface area contributed by atoms with Crippen molar-refractivity contribution in [3.8, 4) is 11.8 Å². The van der Waals surface area contributed by atoms with Crippen molar-refractivity contribution in [3.05, 3.63) is 53.9 Å².